The molecule has 0 aromatic heterocycles. The maximum absolute atomic E-state index is 11.2. The second kappa shape index (κ2) is 20.6. The van der Waals surface area contributed by atoms with Gasteiger partial charge >= 0.3 is 30.1 Å². The second-order valence-electron chi connectivity index (χ2n) is 9.39. The summed E-state index contributed by atoms with van der Waals surface area (Å²) in [6.45, 7) is 5.40. The van der Waals surface area contributed by atoms with Crippen LogP contribution in [0.2, 0.25) is 0 Å². The molecule has 20 nitrogen and oxygen atoms in total. The first-order valence-corrected chi connectivity index (χ1v) is 14.0. The highest BCUT2D eigenvalue weighted by molar-refractivity contribution is 5.95. The van der Waals surface area contributed by atoms with E-state index in [4.69, 9.17) is 21.9 Å². The Kier molecular flexibility index (Phi) is 17.3. The zero-order chi connectivity index (χ0) is 33.8. The van der Waals surface area contributed by atoms with Crippen LogP contribution in [0.1, 0.15) is 38.5 Å². The number of nitrogens with zero attached hydrogens (tertiary/aromatic N) is 3. The molecule has 3 atom stereocenters. The van der Waals surface area contributed by atoms with Crippen molar-refractivity contribution in [2.45, 2.75) is 56.7 Å². The summed E-state index contributed by atoms with van der Waals surface area (Å²) in [5.74, 6) is 0.140. The van der Waals surface area contributed by atoms with Gasteiger partial charge in [-0.2, -0.15) is 0 Å². The molecule has 3 fully saturated rings. The van der Waals surface area contributed by atoms with Crippen molar-refractivity contribution in [1.82, 2.24) is 31.9 Å². The fourth-order valence-corrected chi connectivity index (χ4v) is 3.64. The molecule has 0 spiro atoms. The van der Waals surface area contributed by atoms with Gasteiger partial charge in [0.2, 0.25) is 0 Å². The number of nitrogens with two attached hydrogens (primary N) is 3. The lowest BCUT2D eigenvalue weighted by molar-refractivity contribution is -0.137. The van der Waals surface area contributed by atoms with E-state index < -0.39 is 36.2 Å². The monoisotopic (exact) mass is 640 g/mol. The Morgan fingerprint density at radius 1 is 0.622 bits per heavy atom. The van der Waals surface area contributed by atoms with Gasteiger partial charge in [0.15, 0.2) is 23.8 Å². The molecule has 0 bridgehead atoms. The van der Waals surface area contributed by atoms with Crippen molar-refractivity contribution in [1.29, 1.82) is 0 Å². The molecule has 0 saturated carbocycles. The molecule has 3 rings (SSSR count). The van der Waals surface area contributed by atoms with Crippen molar-refractivity contribution >= 4 is 48.0 Å². The second-order valence-corrected chi connectivity index (χ2v) is 9.39. The number of rotatable bonds is 12. The minimum absolute atomic E-state index is 0.267. The summed E-state index contributed by atoms with van der Waals surface area (Å²) in [5.41, 5.74) is 16.2. The highest BCUT2D eigenvalue weighted by atomic mass is 16.6. The smallest absolute Gasteiger partial charge is 0.409 e. The number of ether oxygens (including phenoxy) is 3. The van der Waals surface area contributed by atoms with Gasteiger partial charge in [0, 0.05) is 40.8 Å². The van der Waals surface area contributed by atoms with Crippen molar-refractivity contribution in [3.05, 3.63) is 12.5 Å². The molecule has 2 amide bonds. The van der Waals surface area contributed by atoms with Gasteiger partial charge in [-0.3, -0.25) is 15.0 Å². The maximum Gasteiger partial charge on any atom is 0.415 e. The lowest BCUT2D eigenvalue weighted by Gasteiger charge is -2.07. The molecule has 0 aliphatic carbocycles. The van der Waals surface area contributed by atoms with Crippen LogP contribution in [0.5, 0.6) is 0 Å². The Morgan fingerprint density at radius 2 is 0.933 bits per heavy atom. The van der Waals surface area contributed by atoms with E-state index in [1.807, 2.05) is 0 Å². The number of carbonyl (C=O) groups is 5. The topological polar surface area (TPSA) is 300 Å². The molecular formula is C25H44N12O8. The molecule has 20 heteroatoms. The Hall–Kier alpha value is -5.30. The molecule has 3 heterocycles. The molecule has 0 unspecified atom stereocenters. The van der Waals surface area contributed by atoms with E-state index in [2.05, 4.69) is 62.9 Å². The third-order valence-electron chi connectivity index (χ3n) is 6.03. The molecule has 0 aromatic carbocycles. The standard InChI is InChI=1S/C9H16N4O2.2C8H14N4O3/c1-6-13-7(8(14)15-6)4-3-5-12-9(10)11-2;2*1-10-7(9)11-4-2-3-5-6(13)15-8(14)12-5/h7,13H,1,3-5H2,2H3,(H3,10,11,12);2*5H,2-4H2,1H3,(H,12,14)(H3,9,10,11)/t7-;2*5-/m000/s1. The zero-order valence-corrected chi connectivity index (χ0v) is 25.6. The van der Waals surface area contributed by atoms with Crippen LogP contribution < -0.4 is 49.1 Å². The number of alkyl carbamates (subject to hydrolysis) is 2. The third-order valence-corrected chi connectivity index (χ3v) is 6.03. The third kappa shape index (κ3) is 15.7. The largest absolute Gasteiger partial charge is 0.415 e. The van der Waals surface area contributed by atoms with E-state index in [1.54, 1.807) is 21.1 Å². The van der Waals surface area contributed by atoms with Crippen molar-refractivity contribution in [2.75, 3.05) is 40.8 Å². The van der Waals surface area contributed by atoms with Gasteiger partial charge in [0.05, 0.1) is 0 Å². The number of amides is 2. The fourth-order valence-electron chi connectivity index (χ4n) is 3.64. The van der Waals surface area contributed by atoms with Crippen LogP contribution >= 0.6 is 0 Å². The van der Waals surface area contributed by atoms with Gasteiger partial charge in [-0.15, -0.1) is 0 Å². The lowest BCUT2D eigenvalue weighted by atomic mass is 10.1. The minimum Gasteiger partial charge on any atom is -0.409 e. The molecule has 3 aliphatic heterocycles. The summed E-state index contributed by atoms with van der Waals surface area (Å²) in [6, 6.07) is -1.34. The quantitative estimate of drug-likeness (QED) is 0.0259. The van der Waals surface area contributed by atoms with Crippen LogP contribution in [0, 0.1) is 0 Å². The van der Waals surface area contributed by atoms with Gasteiger partial charge in [-0.25, -0.2) is 24.0 Å². The van der Waals surface area contributed by atoms with Crippen LogP contribution in [0.15, 0.2) is 27.4 Å². The summed E-state index contributed by atoms with van der Waals surface area (Å²) < 4.78 is 13.4. The first-order chi connectivity index (χ1) is 21.4. The van der Waals surface area contributed by atoms with Gasteiger partial charge in [0.1, 0.15) is 18.1 Å². The summed E-state index contributed by atoms with van der Waals surface area (Å²) in [4.78, 5) is 65.6. The zero-order valence-electron chi connectivity index (χ0n) is 25.6. The molecule has 3 saturated heterocycles. The summed E-state index contributed by atoms with van der Waals surface area (Å²) in [5, 5.41) is 16.3. The SMILES string of the molecule is C=C1N[C@@H](CCCNC(N)=NC)C(=O)O1.CN=C(N)NCCC[C@@H]1NC(=O)OC1=O.CN=C(N)NCCC[C@@H]1NC(=O)OC1=O. The van der Waals surface area contributed by atoms with Gasteiger partial charge < -0.3 is 63.3 Å². The summed E-state index contributed by atoms with van der Waals surface area (Å²) >= 11 is 0. The lowest BCUT2D eigenvalue weighted by Crippen LogP contribution is -2.34. The van der Waals surface area contributed by atoms with Crippen LogP contribution in [-0.2, 0) is 28.6 Å². The van der Waals surface area contributed by atoms with Crippen molar-refractivity contribution in [3.63, 3.8) is 0 Å². The number of aliphatic imine (C=N–C) groups is 3. The molecule has 0 aromatic rings. The highest BCUT2D eigenvalue weighted by Crippen LogP contribution is 2.10. The van der Waals surface area contributed by atoms with Crippen molar-refractivity contribution in [2.24, 2.45) is 32.2 Å². The average molecular weight is 641 g/mol. The summed E-state index contributed by atoms with van der Waals surface area (Å²) in [7, 11) is 4.77. The van der Waals surface area contributed by atoms with E-state index in [1.165, 1.54) is 0 Å². The van der Waals surface area contributed by atoms with Gasteiger partial charge in [-0.1, -0.05) is 0 Å². The first-order valence-electron chi connectivity index (χ1n) is 14.0. The predicted octanol–water partition coefficient (Wildman–Crippen LogP) is -2.84. The first kappa shape index (κ1) is 37.7. The van der Waals surface area contributed by atoms with Gasteiger partial charge in [0.25, 0.3) is 0 Å². The summed E-state index contributed by atoms with van der Waals surface area (Å²) in [6.07, 6.45) is 2.56. The molecule has 0 radical (unpaired) electrons. The van der Waals surface area contributed by atoms with Crippen LogP contribution in [0.4, 0.5) is 9.59 Å². The number of nitrogens with one attached hydrogen (secondary N) is 6. The maximum atomic E-state index is 11.2. The normalized spacial score (nSPS) is 21.1. The minimum atomic E-state index is -0.674. The molecule has 12 N–H and O–H groups in total. The van der Waals surface area contributed by atoms with E-state index in [9.17, 15) is 24.0 Å². The van der Waals surface area contributed by atoms with E-state index in [0.29, 0.717) is 75.5 Å². The molecule has 252 valence electrons. The number of guanidine groups is 3. The fraction of sp³-hybridized carbons (Fsp3) is 0.600. The van der Waals surface area contributed by atoms with E-state index >= 15 is 0 Å². The number of cyclic esters (lactones) is 5. The Balaban J connectivity index is 0.000000337. The van der Waals surface area contributed by atoms with Crippen LogP contribution in [-0.4, -0.2) is 107 Å². The number of esters is 3. The molecule has 45 heavy (non-hydrogen) atoms. The number of carbonyl (C=O) groups excluding carboxylic acids is 5. The van der Waals surface area contributed by atoms with Crippen molar-refractivity contribution < 1.29 is 38.2 Å². The Morgan fingerprint density at radius 3 is 1.18 bits per heavy atom. The molecular weight excluding hydrogens is 596 g/mol. The predicted molar refractivity (Wildman–Crippen MR) is 163 cm³/mol. The van der Waals surface area contributed by atoms with Crippen LogP contribution in [0.3, 0.4) is 0 Å². The van der Waals surface area contributed by atoms with E-state index in [-0.39, 0.29) is 12.0 Å². The van der Waals surface area contributed by atoms with E-state index in [0.717, 1.165) is 6.42 Å². The number of hydrogen-bond acceptors (Lipinski definition) is 12. The Bertz CT molecular complexity index is 1010. The number of hydrogen-bond donors (Lipinski definition) is 9. The Labute approximate surface area is 260 Å². The van der Waals surface area contributed by atoms with Crippen LogP contribution in [0.25, 0.3) is 0 Å². The van der Waals surface area contributed by atoms with Crippen molar-refractivity contribution in [3.8, 4) is 0 Å². The van der Waals surface area contributed by atoms with Gasteiger partial charge in [-0.05, 0) is 45.1 Å². The molecule has 3 aliphatic rings. The highest BCUT2D eigenvalue weighted by Gasteiger charge is 2.32. The average Bonchev–Trinajstić information content (AvgIpc) is 3.63.